The van der Waals surface area contributed by atoms with Gasteiger partial charge in [-0.1, -0.05) is 19.9 Å². The Bertz CT molecular complexity index is 649. The van der Waals surface area contributed by atoms with Gasteiger partial charge in [0.25, 0.3) is 0 Å². The molecular weight excluding hydrogens is 276 g/mol. The monoisotopic (exact) mass is 298 g/mol. The Labute approximate surface area is 131 Å². The zero-order valence-corrected chi connectivity index (χ0v) is 13.4. The number of anilines is 3. The van der Waals surface area contributed by atoms with Crippen molar-refractivity contribution in [2.24, 2.45) is 5.92 Å². The van der Waals surface area contributed by atoms with E-state index < -0.39 is 0 Å². The molecule has 22 heavy (non-hydrogen) atoms. The standard InChI is InChI=1S/C18H22N2O2/c1-12(2)18(21)20-15-8-6-14(7-9-15)19-16-11-13(3)5-10-17(16)22-4/h5-12,19H,1-4H3,(H,20,21). The number of hydrogen-bond donors (Lipinski definition) is 2. The summed E-state index contributed by atoms with van der Waals surface area (Å²) in [5.41, 5.74) is 3.80. The molecular formula is C18H22N2O2. The maximum atomic E-state index is 11.7. The third-order valence-electron chi connectivity index (χ3n) is 3.31. The highest BCUT2D eigenvalue weighted by Gasteiger charge is 2.07. The number of aryl methyl sites for hydroxylation is 1. The van der Waals surface area contributed by atoms with Gasteiger partial charge in [0.05, 0.1) is 12.8 Å². The Morgan fingerprint density at radius 1 is 1.05 bits per heavy atom. The number of rotatable bonds is 5. The van der Waals surface area contributed by atoms with Crippen molar-refractivity contribution in [2.75, 3.05) is 17.7 Å². The summed E-state index contributed by atoms with van der Waals surface area (Å²) in [6.07, 6.45) is 0. The summed E-state index contributed by atoms with van der Waals surface area (Å²) in [7, 11) is 1.65. The molecule has 0 spiro atoms. The number of benzene rings is 2. The molecule has 0 atom stereocenters. The van der Waals surface area contributed by atoms with Crippen LogP contribution in [0.15, 0.2) is 42.5 Å². The lowest BCUT2D eigenvalue weighted by Gasteiger charge is -2.13. The maximum Gasteiger partial charge on any atom is 0.226 e. The first-order chi connectivity index (χ1) is 10.5. The minimum absolute atomic E-state index is 0.0149. The predicted octanol–water partition coefficient (Wildman–Crippen LogP) is 4.34. The average molecular weight is 298 g/mol. The maximum absolute atomic E-state index is 11.7. The zero-order valence-electron chi connectivity index (χ0n) is 13.4. The Morgan fingerprint density at radius 2 is 1.68 bits per heavy atom. The number of methoxy groups -OCH3 is 1. The first-order valence-corrected chi connectivity index (χ1v) is 7.32. The second-order valence-electron chi connectivity index (χ2n) is 5.55. The Balaban J connectivity index is 2.11. The molecule has 0 aliphatic heterocycles. The summed E-state index contributed by atoms with van der Waals surface area (Å²) in [4.78, 5) is 11.7. The van der Waals surface area contributed by atoms with Crippen LogP contribution in [0, 0.1) is 12.8 Å². The average Bonchev–Trinajstić information content (AvgIpc) is 2.49. The van der Waals surface area contributed by atoms with Gasteiger partial charge >= 0.3 is 0 Å². The van der Waals surface area contributed by atoms with Crippen LogP contribution in [0.2, 0.25) is 0 Å². The quantitative estimate of drug-likeness (QED) is 0.863. The third kappa shape index (κ3) is 4.01. The van der Waals surface area contributed by atoms with Crippen molar-refractivity contribution >= 4 is 23.0 Å². The van der Waals surface area contributed by atoms with Gasteiger partial charge in [-0.15, -0.1) is 0 Å². The number of carbonyl (C=O) groups is 1. The second kappa shape index (κ2) is 6.98. The number of amides is 1. The highest BCUT2D eigenvalue weighted by atomic mass is 16.5. The molecule has 0 saturated carbocycles. The number of ether oxygens (including phenoxy) is 1. The molecule has 2 aromatic rings. The second-order valence-corrected chi connectivity index (χ2v) is 5.55. The summed E-state index contributed by atoms with van der Waals surface area (Å²) < 4.78 is 5.36. The van der Waals surface area contributed by atoms with Gasteiger partial charge in [0.1, 0.15) is 5.75 Å². The van der Waals surface area contributed by atoms with E-state index in [-0.39, 0.29) is 11.8 Å². The molecule has 0 unspecified atom stereocenters. The van der Waals surface area contributed by atoms with Gasteiger partial charge < -0.3 is 15.4 Å². The summed E-state index contributed by atoms with van der Waals surface area (Å²) in [6.45, 7) is 5.78. The SMILES string of the molecule is COc1ccc(C)cc1Nc1ccc(NC(=O)C(C)C)cc1. The lowest BCUT2D eigenvalue weighted by molar-refractivity contribution is -0.118. The number of carbonyl (C=O) groups excluding carboxylic acids is 1. The van der Waals surface area contributed by atoms with Gasteiger partial charge in [-0.25, -0.2) is 0 Å². The summed E-state index contributed by atoms with van der Waals surface area (Å²) in [5, 5.41) is 6.20. The lowest BCUT2D eigenvalue weighted by atomic mass is 10.2. The van der Waals surface area contributed by atoms with Crippen molar-refractivity contribution in [1.82, 2.24) is 0 Å². The molecule has 0 bridgehead atoms. The van der Waals surface area contributed by atoms with E-state index >= 15 is 0 Å². The summed E-state index contributed by atoms with van der Waals surface area (Å²) >= 11 is 0. The highest BCUT2D eigenvalue weighted by molar-refractivity contribution is 5.92. The predicted molar refractivity (Wildman–Crippen MR) is 90.9 cm³/mol. The molecule has 4 heteroatoms. The van der Waals surface area contributed by atoms with Gasteiger partial charge in [-0.2, -0.15) is 0 Å². The summed E-state index contributed by atoms with van der Waals surface area (Å²) in [5.74, 6) is 0.776. The minimum Gasteiger partial charge on any atom is -0.495 e. The lowest BCUT2D eigenvalue weighted by Crippen LogP contribution is -2.17. The molecule has 116 valence electrons. The zero-order chi connectivity index (χ0) is 16.1. The molecule has 0 aliphatic rings. The topological polar surface area (TPSA) is 50.4 Å². The molecule has 0 aliphatic carbocycles. The van der Waals surface area contributed by atoms with Crippen molar-refractivity contribution in [3.63, 3.8) is 0 Å². The van der Waals surface area contributed by atoms with Gasteiger partial charge in [0, 0.05) is 17.3 Å². The van der Waals surface area contributed by atoms with E-state index in [2.05, 4.69) is 10.6 Å². The first kappa shape index (κ1) is 15.9. The van der Waals surface area contributed by atoms with Crippen molar-refractivity contribution < 1.29 is 9.53 Å². The van der Waals surface area contributed by atoms with Crippen molar-refractivity contribution in [3.8, 4) is 5.75 Å². The van der Waals surface area contributed by atoms with Gasteiger partial charge in [-0.3, -0.25) is 4.79 Å². The van der Waals surface area contributed by atoms with Gasteiger partial charge in [0.2, 0.25) is 5.91 Å². The Kier molecular flexibility index (Phi) is 5.04. The van der Waals surface area contributed by atoms with E-state index in [0.717, 1.165) is 28.4 Å². The molecule has 1 amide bonds. The van der Waals surface area contributed by atoms with E-state index in [9.17, 15) is 4.79 Å². The van der Waals surface area contributed by atoms with Crippen molar-refractivity contribution in [1.29, 1.82) is 0 Å². The summed E-state index contributed by atoms with van der Waals surface area (Å²) in [6, 6.07) is 13.6. The highest BCUT2D eigenvalue weighted by Crippen LogP contribution is 2.29. The molecule has 0 heterocycles. The smallest absolute Gasteiger partial charge is 0.226 e. The van der Waals surface area contributed by atoms with Crippen LogP contribution in [0.5, 0.6) is 5.75 Å². The van der Waals surface area contributed by atoms with Gasteiger partial charge in [0.15, 0.2) is 0 Å². The van der Waals surface area contributed by atoms with Crippen LogP contribution in [-0.4, -0.2) is 13.0 Å². The Hall–Kier alpha value is -2.49. The molecule has 2 rings (SSSR count). The van der Waals surface area contributed by atoms with Crippen LogP contribution < -0.4 is 15.4 Å². The molecule has 0 saturated heterocycles. The largest absolute Gasteiger partial charge is 0.495 e. The first-order valence-electron chi connectivity index (χ1n) is 7.32. The number of nitrogens with one attached hydrogen (secondary N) is 2. The fraction of sp³-hybridized carbons (Fsp3) is 0.278. The van der Waals surface area contributed by atoms with Crippen LogP contribution in [0.1, 0.15) is 19.4 Å². The van der Waals surface area contributed by atoms with Gasteiger partial charge in [-0.05, 0) is 48.9 Å². The van der Waals surface area contributed by atoms with Crippen LogP contribution in [-0.2, 0) is 4.79 Å². The van der Waals surface area contributed by atoms with Crippen LogP contribution in [0.3, 0.4) is 0 Å². The molecule has 2 N–H and O–H groups in total. The molecule has 0 aromatic heterocycles. The van der Waals surface area contributed by atoms with Crippen LogP contribution in [0.4, 0.5) is 17.1 Å². The minimum atomic E-state index is -0.0330. The molecule has 4 nitrogen and oxygen atoms in total. The third-order valence-corrected chi connectivity index (χ3v) is 3.31. The van der Waals surface area contributed by atoms with E-state index in [1.54, 1.807) is 7.11 Å². The van der Waals surface area contributed by atoms with Crippen LogP contribution >= 0.6 is 0 Å². The number of hydrogen-bond acceptors (Lipinski definition) is 3. The van der Waals surface area contributed by atoms with Crippen LogP contribution in [0.25, 0.3) is 0 Å². The molecule has 0 fully saturated rings. The fourth-order valence-electron chi connectivity index (χ4n) is 2.00. The fourth-order valence-corrected chi connectivity index (χ4v) is 2.00. The van der Waals surface area contributed by atoms with E-state index in [1.807, 2.05) is 63.2 Å². The Morgan fingerprint density at radius 3 is 2.27 bits per heavy atom. The van der Waals surface area contributed by atoms with E-state index in [4.69, 9.17) is 4.74 Å². The molecule has 0 radical (unpaired) electrons. The normalized spacial score (nSPS) is 10.4. The van der Waals surface area contributed by atoms with Crippen molar-refractivity contribution in [2.45, 2.75) is 20.8 Å². The molecule has 2 aromatic carbocycles. The van der Waals surface area contributed by atoms with Crippen molar-refractivity contribution in [3.05, 3.63) is 48.0 Å². The van der Waals surface area contributed by atoms with E-state index in [1.165, 1.54) is 0 Å². The van der Waals surface area contributed by atoms with E-state index in [0.29, 0.717) is 0 Å².